The molecule has 0 aliphatic heterocycles. The Morgan fingerprint density at radius 3 is 2.65 bits per heavy atom. The van der Waals surface area contributed by atoms with Crippen LogP contribution >= 0.6 is 11.3 Å². The summed E-state index contributed by atoms with van der Waals surface area (Å²) in [6.07, 6.45) is 0. The summed E-state index contributed by atoms with van der Waals surface area (Å²) in [5.74, 6) is 0. The standard InChI is InChI=1S/C14H17NOS/c1-10(9-16)15-13-8-14(17-11(13)2)12-6-4-3-5-7-12/h3-8,10,15-16H,9H2,1-2H3. The molecule has 0 amide bonds. The van der Waals surface area contributed by atoms with Crippen molar-refractivity contribution in [2.75, 3.05) is 11.9 Å². The van der Waals surface area contributed by atoms with Crippen LogP contribution in [-0.2, 0) is 0 Å². The van der Waals surface area contributed by atoms with Gasteiger partial charge in [0.15, 0.2) is 0 Å². The minimum atomic E-state index is 0.0897. The maximum Gasteiger partial charge on any atom is 0.0630 e. The molecule has 3 heteroatoms. The van der Waals surface area contributed by atoms with E-state index in [1.165, 1.54) is 15.3 Å². The van der Waals surface area contributed by atoms with Crippen molar-refractivity contribution in [3.8, 4) is 10.4 Å². The second-order valence-electron chi connectivity index (χ2n) is 4.17. The van der Waals surface area contributed by atoms with Crippen LogP contribution in [0.3, 0.4) is 0 Å². The first-order chi connectivity index (χ1) is 8.20. The molecule has 1 unspecified atom stereocenters. The molecule has 2 aromatic rings. The fourth-order valence-corrected chi connectivity index (χ4v) is 2.67. The average Bonchev–Trinajstić information content (AvgIpc) is 2.72. The van der Waals surface area contributed by atoms with Gasteiger partial charge in [-0.25, -0.2) is 0 Å². The van der Waals surface area contributed by atoms with E-state index in [9.17, 15) is 0 Å². The Bertz CT molecular complexity index is 478. The van der Waals surface area contributed by atoms with E-state index in [2.05, 4.69) is 30.4 Å². The molecule has 0 radical (unpaired) electrons. The van der Waals surface area contributed by atoms with E-state index in [-0.39, 0.29) is 12.6 Å². The third kappa shape index (κ3) is 2.87. The molecule has 0 saturated heterocycles. The van der Waals surface area contributed by atoms with Crippen molar-refractivity contribution in [3.63, 3.8) is 0 Å². The number of hydrogen-bond donors (Lipinski definition) is 2. The fourth-order valence-electron chi connectivity index (χ4n) is 1.68. The molecular weight excluding hydrogens is 230 g/mol. The zero-order chi connectivity index (χ0) is 12.3. The first kappa shape index (κ1) is 12.1. The van der Waals surface area contributed by atoms with E-state index in [4.69, 9.17) is 5.11 Å². The Labute approximate surface area is 106 Å². The van der Waals surface area contributed by atoms with Gasteiger partial charge in [0.2, 0.25) is 0 Å². The predicted octanol–water partition coefficient (Wildman–Crippen LogP) is 3.52. The quantitative estimate of drug-likeness (QED) is 0.866. The van der Waals surface area contributed by atoms with Crippen molar-refractivity contribution in [1.82, 2.24) is 0 Å². The maximum absolute atomic E-state index is 9.05. The van der Waals surface area contributed by atoms with Gasteiger partial charge in [-0.2, -0.15) is 0 Å². The number of aryl methyl sites for hydroxylation is 1. The number of aliphatic hydroxyl groups excluding tert-OH is 1. The molecule has 0 aliphatic rings. The van der Waals surface area contributed by atoms with Crippen molar-refractivity contribution in [3.05, 3.63) is 41.3 Å². The van der Waals surface area contributed by atoms with Gasteiger partial charge < -0.3 is 10.4 Å². The summed E-state index contributed by atoms with van der Waals surface area (Å²) in [5.41, 5.74) is 2.36. The van der Waals surface area contributed by atoms with Crippen LogP contribution in [0.25, 0.3) is 10.4 Å². The molecule has 1 atom stereocenters. The van der Waals surface area contributed by atoms with Gasteiger partial charge in [0, 0.05) is 21.5 Å². The monoisotopic (exact) mass is 247 g/mol. The van der Waals surface area contributed by atoms with Gasteiger partial charge in [-0.3, -0.25) is 0 Å². The summed E-state index contributed by atoms with van der Waals surface area (Å²) in [6.45, 7) is 4.22. The molecule has 1 heterocycles. The lowest BCUT2D eigenvalue weighted by Gasteiger charge is -2.11. The molecule has 0 bridgehead atoms. The Morgan fingerprint density at radius 1 is 1.29 bits per heavy atom. The second-order valence-corrected chi connectivity index (χ2v) is 5.43. The largest absolute Gasteiger partial charge is 0.394 e. The van der Waals surface area contributed by atoms with Crippen molar-refractivity contribution in [1.29, 1.82) is 0 Å². The number of anilines is 1. The predicted molar refractivity (Wildman–Crippen MR) is 74.7 cm³/mol. The number of hydrogen-bond acceptors (Lipinski definition) is 3. The molecule has 2 rings (SSSR count). The molecule has 0 saturated carbocycles. The zero-order valence-corrected chi connectivity index (χ0v) is 10.9. The lowest BCUT2D eigenvalue weighted by molar-refractivity contribution is 0.281. The topological polar surface area (TPSA) is 32.3 Å². The smallest absolute Gasteiger partial charge is 0.0630 e. The highest BCUT2D eigenvalue weighted by atomic mass is 32.1. The van der Waals surface area contributed by atoms with E-state index in [1.54, 1.807) is 11.3 Å². The van der Waals surface area contributed by atoms with Gasteiger partial charge in [-0.05, 0) is 25.5 Å². The van der Waals surface area contributed by atoms with Crippen LogP contribution in [0.2, 0.25) is 0 Å². The first-order valence-corrected chi connectivity index (χ1v) is 6.55. The normalized spacial score (nSPS) is 12.4. The van der Waals surface area contributed by atoms with Crippen molar-refractivity contribution >= 4 is 17.0 Å². The molecule has 1 aromatic carbocycles. The molecule has 2 N–H and O–H groups in total. The summed E-state index contributed by atoms with van der Waals surface area (Å²) in [7, 11) is 0. The number of rotatable bonds is 4. The van der Waals surface area contributed by atoms with Gasteiger partial charge in [0.25, 0.3) is 0 Å². The van der Waals surface area contributed by atoms with Gasteiger partial charge >= 0.3 is 0 Å². The summed E-state index contributed by atoms with van der Waals surface area (Å²) in [4.78, 5) is 2.51. The molecule has 0 aliphatic carbocycles. The molecule has 1 aromatic heterocycles. The molecule has 2 nitrogen and oxygen atoms in total. The highest BCUT2D eigenvalue weighted by molar-refractivity contribution is 7.16. The first-order valence-electron chi connectivity index (χ1n) is 5.74. The number of thiophene rings is 1. The van der Waals surface area contributed by atoms with E-state index in [0.29, 0.717) is 0 Å². The lowest BCUT2D eigenvalue weighted by atomic mass is 10.2. The Morgan fingerprint density at radius 2 is 2.00 bits per heavy atom. The minimum Gasteiger partial charge on any atom is -0.394 e. The SMILES string of the molecule is Cc1sc(-c2ccccc2)cc1NC(C)CO. The highest BCUT2D eigenvalue weighted by Gasteiger charge is 2.08. The molecule has 0 fully saturated rings. The van der Waals surface area contributed by atoms with Gasteiger partial charge in [-0.15, -0.1) is 11.3 Å². The zero-order valence-electron chi connectivity index (χ0n) is 10.1. The number of aliphatic hydroxyl groups is 1. The summed E-state index contributed by atoms with van der Waals surface area (Å²) >= 11 is 1.78. The minimum absolute atomic E-state index is 0.0897. The van der Waals surface area contributed by atoms with E-state index >= 15 is 0 Å². The van der Waals surface area contributed by atoms with Crippen molar-refractivity contribution < 1.29 is 5.11 Å². The van der Waals surface area contributed by atoms with E-state index < -0.39 is 0 Å². The lowest BCUT2D eigenvalue weighted by Crippen LogP contribution is -2.19. The fraction of sp³-hybridized carbons (Fsp3) is 0.286. The summed E-state index contributed by atoms with van der Waals surface area (Å²) in [5, 5.41) is 12.4. The highest BCUT2D eigenvalue weighted by Crippen LogP contribution is 2.34. The Kier molecular flexibility index (Phi) is 3.82. The molecular formula is C14H17NOS. The third-order valence-electron chi connectivity index (χ3n) is 2.65. The summed E-state index contributed by atoms with van der Waals surface area (Å²) < 4.78 is 0. The average molecular weight is 247 g/mol. The van der Waals surface area contributed by atoms with Crippen LogP contribution in [0.5, 0.6) is 0 Å². The van der Waals surface area contributed by atoms with Crippen LogP contribution in [0.15, 0.2) is 36.4 Å². The second kappa shape index (κ2) is 5.34. The number of benzene rings is 1. The third-order valence-corrected chi connectivity index (χ3v) is 3.75. The van der Waals surface area contributed by atoms with Gasteiger partial charge in [0.05, 0.1) is 6.61 Å². The maximum atomic E-state index is 9.05. The van der Waals surface area contributed by atoms with Crippen molar-refractivity contribution in [2.24, 2.45) is 0 Å². The Hall–Kier alpha value is -1.32. The summed E-state index contributed by atoms with van der Waals surface area (Å²) in [6, 6.07) is 12.6. The Balaban J connectivity index is 2.25. The van der Waals surface area contributed by atoms with E-state index in [0.717, 1.165) is 5.69 Å². The van der Waals surface area contributed by atoms with Crippen LogP contribution in [0.4, 0.5) is 5.69 Å². The molecule has 90 valence electrons. The van der Waals surface area contributed by atoms with Gasteiger partial charge in [0.1, 0.15) is 0 Å². The van der Waals surface area contributed by atoms with Crippen LogP contribution in [0.1, 0.15) is 11.8 Å². The number of nitrogens with one attached hydrogen (secondary N) is 1. The molecule has 17 heavy (non-hydrogen) atoms. The van der Waals surface area contributed by atoms with Crippen LogP contribution < -0.4 is 5.32 Å². The van der Waals surface area contributed by atoms with E-state index in [1.807, 2.05) is 25.1 Å². The van der Waals surface area contributed by atoms with Crippen molar-refractivity contribution in [2.45, 2.75) is 19.9 Å². The van der Waals surface area contributed by atoms with Crippen LogP contribution in [0, 0.1) is 6.92 Å². The molecule has 0 spiro atoms. The van der Waals surface area contributed by atoms with Crippen LogP contribution in [-0.4, -0.2) is 17.8 Å². The van der Waals surface area contributed by atoms with Gasteiger partial charge in [-0.1, -0.05) is 30.3 Å².